The molecule has 29 heavy (non-hydrogen) atoms. The van der Waals surface area contributed by atoms with Gasteiger partial charge in [-0.3, -0.25) is 0 Å². The highest BCUT2D eigenvalue weighted by Crippen LogP contribution is 2.26. The maximum absolute atomic E-state index is 4.85. The normalized spacial score (nSPS) is 14.2. The molecule has 1 fully saturated rings. The number of para-hydroxylation sites is 2. The Morgan fingerprint density at radius 1 is 0.862 bits per heavy atom. The minimum Gasteiger partial charge on any atom is -0.368 e. The highest BCUT2D eigenvalue weighted by atomic mass is 15.3. The number of anilines is 4. The van der Waals surface area contributed by atoms with Gasteiger partial charge in [0.15, 0.2) is 0 Å². The van der Waals surface area contributed by atoms with Crippen LogP contribution >= 0.6 is 0 Å². The van der Waals surface area contributed by atoms with Crippen LogP contribution in [0.3, 0.4) is 0 Å². The van der Waals surface area contributed by atoms with Crippen molar-refractivity contribution >= 4 is 23.1 Å². The zero-order valence-corrected chi connectivity index (χ0v) is 17.5. The third-order valence-electron chi connectivity index (χ3n) is 5.54. The quantitative estimate of drug-likeness (QED) is 0.686. The predicted octanol–water partition coefficient (Wildman–Crippen LogP) is 4.73. The van der Waals surface area contributed by atoms with Gasteiger partial charge in [-0.1, -0.05) is 43.3 Å². The average molecular weight is 388 g/mol. The molecule has 1 saturated heterocycles. The van der Waals surface area contributed by atoms with Crippen molar-refractivity contribution in [1.29, 1.82) is 0 Å². The molecule has 150 valence electrons. The summed E-state index contributed by atoms with van der Waals surface area (Å²) < 4.78 is 0. The summed E-state index contributed by atoms with van der Waals surface area (Å²) in [6.45, 7) is 10.2. The number of aromatic nitrogens is 2. The SMILES string of the molecule is CCc1cccc(C)c1Nc1nc(C)cc(N2CCN(c3ccccc3)CC2)n1. The molecule has 3 aromatic rings. The van der Waals surface area contributed by atoms with E-state index in [1.165, 1.54) is 16.8 Å². The second-order valence-electron chi connectivity index (χ2n) is 7.59. The maximum Gasteiger partial charge on any atom is 0.229 e. The Morgan fingerprint density at radius 3 is 2.31 bits per heavy atom. The van der Waals surface area contributed by atoms with Crippen molar-refractivity contribution in [3.8, 4) is 0 Å². The molecular weight excluding hydrogens is 358 g/mol. The lowest BCUT2D eigenvalue weighted by Crippen LogP contribution is -2.46. The number of benzene rings is 2. The molecular formula is C24H29N5. The van der Waals surface area contributed by atoms with Crippen molar-refractivity contribution in [3.05, 3.63) is 71.4 Å². The summed E-state index contributed by atoms with van der Waals surface area (Å²) in [6, 6.07) is 19.1. The highest BCUT2D eigenvalue weighted by Gasteiger charge is 2.19. The van der Waals surface area contributed by atoms with Crippen LogP contribution in [0.25, 0.3) is 0 Å². The molecule has 0 unspecified atom stereocenters. The first-order valence-corrected chi connectivity index (χ1v) is 10.4. The van der Waals surface area contributed by atoms with Gasteiger partial charge < -0.3 is 15.1 Å². The Morgan fingerprint density at radius 2 is 1.59 bits per heavy atom. The van der Waals surface area contributed by atoms with E-state index in [1.54, 1.807) is 0 Å². The van der Waals surface area contributed by atoms with Crippen molar-refractivity contribution in [1.82, 2.24) is 9.97 Å². The molecule has 2 aromatic carbocycles. The van der Waals surface area contributed by atoms with Crippen LogP contribution in [0.1, 0.15) is 23.7 Å². The Balaban J connectivity index is 1.51. The fourth-order valence-electron chi connectivity index (χ4n) is 3.92. The number of piperazine rings is 1. The molecule has 0 saturated carbocycles. The van der Waals surface area contributed by atoms with Gasteiger partial charge >= 0.3 is 0 Å². The van der Waals surface area contributed by atoms with E-state index >= 15 is 0 Å². The van der Waals surface area contributed by atoms with Gasteiger partial charge in [0, 0.05) is 49.3 Å². The van der Waals surface area contributed by atoms with Gasteiger partial charge in [-0.25, -0.2) is 4.98 Å². The van der Waals surface area contributed by atoms with Crippen LogP contribution in [0.5, 0.6) is 0 Å². The van der Waals surface area contributed by atoms with Crippen molar-refractivity contribution in [2.24, 2.45) is 0 Å². The average Bonchev–Trinajstić information content (AvgIpc) is 2.75. The lowest BCUT2D eigenvalue weighted by molar-refractivity contribution is 0.647. The fourth-order valence-corrected chi connectivity index (χ4v) is 3.92. The standard InChI is InChI=1S/C24H29N5/c1-4-20-10-8-9-18(2)23(20)27-24-25-19(3)17-22(26-24)29-15-13-28(14-16-29)21-11-6-5-7-12-21/h5-12,17H,4,13-16H2,1-3H3,(H,25,26,27). The van der Waals surface area contributed by atoms with Gasteiger partial charge in [0.1, 0.15) is 5.82 Å². The van der Waals surface area contributed by atoms with Gasteiger partial charge in [-0.05, 0) is 43.5 Å². The van der Waals surface area contributed by atoms with Gasteiger partial charge in [0.25, 0.3) is 0 Å². The van der Waals surface area contributed by atoms with Crippen molar-refractivity contribution in [3.63, 3.8) is 0 Å². The highest BCUT2D eigenvalue weighted by molar-refractivity contribution is 5.64. The van der Waals surface area contributed by atoms with Crippen molar-refractivity contribution < 1.29 is 0 Å². The van der Waals surface area contributed by atoms with E-state index in [-0.39, 0.29) is 0 Å². The number of nitrogens with one attached hydrogen (secondary N) is 1. The monoisotopic (exact) mass is 387 g/mol. The summed E-state index contributed by atoms with van der Waals surface area (Å²) in [4.78, 5) is 14.3. The van der Waals surface area contributed by atoms with Crippen molar-refractivity contribution in [2.45, 2.75) is 27.2 Å². The molecule has 1 N–H and O–H groups in total. The number of aryl methyl sites for hydroxylation is 3. The first kappa shape index (κ1) is 19.2. The van der Waals surface area contributed by atoms with Crippen LogP contribution in [0, 0.1) is 13.8 Å². The topological polar surface area (TPSA) is 44.3 Å². The summed E-state index contributed by atoms with van der Waals surface area (Å²) in [5.41, 5.74) is 5.90. The number of hydrogen-bond donors (Lipinski definition) is 1. The van der Waals surface area contributed by atoms with Gasteiger partial charge in [0.2, 0.25) is 5.95 Å². The second kappa shape index (κ2) is 8.52. The number of hydrogen-bond acceptors (Lipinski definition) is 5. The summed E-state index contributed by atoms with van der Waals surface area (Å²) in [7, 11) is 0. The molecule has 4 rings (SSSR count). The Hall–Kier alpha value is -3.08. The van der Waals surface area contributed by atoms with Crippen LogP contribution in [0.15, 0.2) is 54.6 Å². The zero-order valence-electron chi connectivity index (χ0n) is 17.5. The molecule has 0 spiro atoms. The van der Waals surface area contributed by atoms with E-state index in [2.05, 4.69) is 88.5 Å². The van der Waals surface area contributed by atoms with Crippen LogP contribution < -0.4 is 15.1 Å². The van der Waals surface area contributed by atoms with E-state index in [4.69, 9.17) is 4.98 Å². The second-order valence-corrected chi connectivity index (χ2v) is 7.59. The molecule has 5 heteroatoms. The number of rotatable bonds is 5. The van der Waals surface area contributed by atoms with Gasteiger partial charge in [-0.15, -0.1) is 0 Å². The van der Waals surface area contributed by atoms with Crippen LogP contribution in [-0.4, -0.2) is 36.1 Å². The lowest BCUT2D eigenvalue weighted by Gasteiger charge is -2.36. The molecule has 5 nitrogen and oxygen atoms in total. The minimum atomic E-state index is 0.675. The van der Waals surface area contributed by atoms with E-state index in [0.717, 1.165) is 49.8 Å². The first-order valence-electron chi connectivity index (χ1n) is 10.4. The van der Waals surface area contributed by atoms with Crippen molar-refractivity contribution in [2.75, 3.05) is 41.3 Å². The molecule has 0 radical (unpaired) electrons. The Bertz CT molecular complexity index is 962. The largest absolute Gasteiger partial charge is 0.368 e. The van der Waals surface area contributed by atoms with Crippen LogP contribution in [-0.2, 0) is 6.42 Å². The zero-order chi connectivity index (χ0) is 20.2. The maximum atomic E-state index is 4.85. The first-order chi connectivity index (χ1) is 14.1. The third kappa shape index (κ3) is 4.34. The molecule has 0 aliphatic carbocycles. The van der Waals surface area contributed by atoms with E-state index in [0.29, 0.717) is 5.95 Å². The summed E-state index contributed by atoms with van der Waals surface area (Å²) >= 11 is 0. The van der Waals surface area contributed by atoms with Crippen LogP contribution in [0.2, 0.25) is 0 Å². The van der Waals surface area contributed by atoms with Gasteiger partial charge in [-0.2, -0.15) is 4.98 Å². The molecule has 1 aliphatic rings. The summed E-state index contributed by atoms with van der Waals surface area (Å²) in [5, 5.41) is 3.49. The van der Waals surface area contributed by atoms with Crippen LogP contribution in [0.4, 0.5) is 23.1 Å². The van der Waals surface area contributed by atoms with E-state index in [9.17, 15) is 0 Å². The fraction of sp³-hybridized carbons (Fsp3) is 0.333. The summed E-state index contributed by atoms with van der Waals surface area (Å²) in [6.07, 6.45) is 0.976. The molecule has 0 amide bonds. The molecule has 2 heterocycles. The molecule has 0 atom stereocenters. The summed E-state index contributed by atoms with van der Waals surface area (Å²) in [5.74, 6) is 1.67. The number of nitrogens with zero attached hydrogens (tertiary/aromatic N) is 4. The lowest BCUT2D eigenvalue weighted by atomic mass is 10.1. The smallest absolute Gasteiger partial charge is 0.229 e. The molecule has 1 aromatic heterocycles. The van der Waals surface area contributed by atoms with Gasteiger partial charge in [0.05, 0.1) is 0 Å². The van der Waals surface area contributed by atoms with E-state index < -0.39 is 0 Å². The Labute approximate surface area is 173 Å². The Kier molecular flexibility index (Phi) is 5.65. The third-order valence-corrected chi connectivity index (χ3v) is 5.54. The molecule has 1 aliphatic heterocycles. The van der Waals surface area contributed by atoms with E-state index in [1.807, 2.05) is 6.92 Å². The molecule has 0 bridgehead atoms. The predicted molar refractivity (Wildman–Crippen MR) is 121 cm³/mol. The minimum absolute atomic E-state index is 0.675.